The Kier molecular flexibility index (Phi) is 3.21. The standard InChI is InChI=1S/C11H14BrNO/c12-9-3-1-2-8(6-9)10-4-5-14-7-11(10)13/h1-3,6,10-11H,4-5,7,13H2. The van der Waals surface area contributed by atoms with Crippen LogP contribution in [0.3, 0.4) is 0 Å². The zero-order valence-corrected chi connectivity index (χ0v) is 9.53. The van der Waals surface area contributed by atoms with E-state index in [2.05, 4.69) is 34.1 Å². The molecule has 3 heteroatoms. The number of hydrogen-bond acceptors (Lipinski definition) is 2. The van der Waals surface area contributed by atoms with E-state index in [0.717, 1.165) is 17.5 Å². The van der Waals surface area contributed by atoms with Crippen LogP contribution in [0.2, 0.25) is 0 Å². The molecule has 0 amide bonds. The first-order chi connectivity index (χ1) is 6.77. The van der Waals surface area contributed by atoms with E-state index in [9.17, 15) is 0 Å². The average Bonchev–Trinajstić information content (AvgIpc) is 2.18. The second-order valence-corrected chi connectivity index (χ2v) is 4.60. The van der Waals surface area contributed by atoms with E-state index in [4.69, 9.17) is 10.5 Å². The highest BCUT2D eigenvalue weighted by molar-refractivity contribution is 9.10. The Balaban J connectivity index is 2.20. The molecule has 1 aliphatic rings. The maximum absolute atomic E-state index is 6.02. The minimum atomic E-state index is 0.137. The monoisotopic (exact) mass is 255 g/mol. The van der Waals surface area contributed by atoms with Gasteiger partial charge in [0.05, 0.1) is 6.61 Å². The lowest BCUT2D eigenvalue weighted by molar-refractivity contribution is 0.0696. The highest BCUT2D eigenvalue weighted by Gasteiger charge is 2.23. The van der Waals surface area contributed by atoms with Gasteiger partial charge in [0.2, 0.25) is 0 Å². The second-order valence-electron chi connectivity index (χ2n) is 3.69. The van der Waals surface area contributed by atoms with E-state index >= 15 is 0 Å². The SMILES string of the molecule is NC1COCCC1c1cccc(Br)c1. The van der Waals surface area contributed by atoms with Crippen LogP contribution in [0.4, 0.5) is 0 Å². The molecular weight excluding hydrogens is 242 g/mol. The van der Waals surface area contributed by atoms with Gasteiger partial charge < -0.3 is 10.5 Å². The van der Waals surface area contributed by atoms with Gasteiger partial charge in [-0.2, -0.15) is 0 Å². The molecule has 2 rings (SSSR count). The molecule has 0 aliphatic carbocycles. The molecule has 76 valence electrons. The molecular formula is C11H14BrNO. The number of nitrogens with two attached hydrogens (primary N) is 1. The van der Waals surface area contributed by atoms with Crippen LogP contribution in [-0.2, 0) is 4.74 Å². The Morgan fingerprint density at radius 1 is 1.43 bits per heavy atom. The van der Waals surface area contributed by atoms with Crippen molar-refractivity contribution in [1.29, 1.82) is 0 Å². The first-order valence-corrected chi connectivity index (χ1v) is 5.65. The lowest BCUT2D eigenvalue weighted by atomic mass is 9.88. The predicted molar refractivity (Wildman–Crippen MR) is 60.3 cm³/mol. The van der Waals surface area contributed by atoms with Crippen molar-refractivity contribution in [3.05, 3.63) is 34.3 Å². The Labute approximate surface area is 92.6 Å². The van der Waals surface area contributed by atoms with E-state index in [1.807, 2.05) is 6.07 Å². The van der Waals surface area contributed by atoms with Crippen molar-refractivity contribution in [3.63, 3.8) is 0 Å². The Morgan fingerprint density at radius 2 is 2.29 bits per heavy atom. The summed E-state index contributed by atoms with van der Waals surface area (Å²) in [6.45, 7) is 1.50. The lowest BCUT2D eigenvalue weighted by Gasteiger charge is -2.29. The molecule has 0 radical (unpaired) electrons. The summed E-state index contributed by atoms with van der Waals surface area (Å²) in [4.78, 5) is 0. The van der Waals surface area contributed by atoms with Gasteiger partial charge in [-0.1, -0.05) is 28.1 Å². The van der Waals surface area contributed by atoms with Crippen molar-refractivity contribution in [2.45, 2.75) is 18.4 Å². The molecule has 1 aromatic carbocycles. The molecule has 0 saturated carbocycles. The van der Waals surface area contributed by atoms with Crippen LogP contribution < -0.4 is 5.73 Å². The predicted octanol–water partition coefficient (Wildman–Crippen LogP) is 2.28. The van der Waals surface area contributed by atoms with Gasteiger partial charge in [-0.05, 0) is 24.1 Å². The van der Waals surface area contributed by atoms with Crippen LogP contribution in [0.25, 0.3) is 0 Å². The van der Waals surface area contributed by atoms with Gasteiger partial charge in [0.15, 0.2) is 0 Å². The highest BCUT2D eigenvalue weighted by atomic mass is 79.9. The van der Waals surface area contributed by atoms with Gasteiger partial charge >= 0.3 is 0 Å². The number of hydrogen-bond donors (Lipinski definition) is 1. The van der Waals surface area contributed by atoms with Crippen molar-refractivity contribution < 1.29 is 4.74 Å². The van der Waals surface area contributed by atoms with E-state index in [0.29, 0.717) is 12.5 Å². The maximum atomic E-state index is 6.02. The van der Waals surface area contributed by atoms with Gasteiger partial charge in [-0.3, -0.25) is 0 Å². The molecule has 1 aromatic rings. The van der Waals surface area contributed by atoms with Gasteiger partial charge in [0, 0.05) is 23.0 Å². The smallest absolute Gasteiger partial charge is 0.0623 e. The van der Waals surface area contributed by atoms with Crippen molar-refractivity contribution in [1.82, 2.24) is 0 Å². The van der Waals surface area contributed by atoms with Crippen LogP contribution >= 0.6 is 15.9 Å². The Morgan fingerprint density at radius 3 is 3.00 bits per heavy atom. The fourth-order valence-electron chi connectivity index (χ4n) is 1.91. The summed E-state index contributed by atoms with van der Waals surface area (Å²) in [5.41, 5.74) is 7.34. The third-order valence-corrected chi connectivity index (χ3v) is 3.17. The van der Waals surface area contributed by atoms with Crippen LogP contribution in [0.1, 0.15) is 17.9 Å². The Bertz CT molecular complexity index is 316. The number of benzene rings is 1. The third-order valence-electron chi connectivity index (χ3n) is 2.68. The quantitative estimate of drug-likeness (QED) is 0.836. The van der Waals surface area contributed by atoms with Crippen molar-refractivity contribution in [2.75, 3.05) is 13.2 Å². The van der Waals surface area contributed by atoms with Crippen molar-refractivity contribution >= 4 is 15.9 Å². The van der Waals surface area contributed by atoms with Crippen LogP contribution in [0, 0.1) is 0 Å². The first-order valence-electron chi connectivity index (χ1n) is 4.86. The van der Waals surface area contributed by atoms with Crippen molar-refractivity contribution in [2.24, 2.45) is 5.73 Å². The summed E-state index contributed by atoms with van der Waals surface area (Å²) in [5.74, 6) is 0.446. The van der Waals surface area contributed by atoms with Crippen LogP contribution in [-0.4, -0.2) is 19.3 Å². The molecule has 0 bridgehead atoms. The highest BCUT2D eigenvalue weighted by Crippen LogP contribution is 2.27. The molecule has 1 aliphatic heterocycles. The fourth-order valence-corrected chi connectivity index (χ4v) is 2.33. The molecule has 14 heavy (non-hydrogen) atoms. The van der Waals surface area contributed by atoms with Crippen LogP contribution in [0.15, 0.2) is 28.7 Å². The lowest BCUT2D eigenvalue weighted by Crippen LogP contribution is -2.37. The third kappa shape index (κ3) is 2.16. The summed E-state index contributed by atoms with van der Waals surface area (Å²) in [6, 6.07) is 8.52. The van der Waals surface area contributed by atoms with Crippen molar-refractivity contribution in [3.8, 4) is 0 Å². The fraction of sp³-hybridized carbons (Fsp3) is 0.455. The summed E-state index contributed by atoms with van der Waals surface area (Å²) >= 11 is 3.48. The minimum Gasteiger partial charge on any atom is -0.380 e. The van der Waals surface area contributed by atoms with E-state index in [1.165, 1.54) is 5.56 Å². The summed E-state index contributed by atoms with van der Waals surface area (Å²) in [6.07, 6.45) is 1.03. The Hall–Kier alpha value is -0.380. The van der Waals surface area contributed by atoms with Gasteiger partial charge in [-0.15, -0.1) is 0 Å². The van der Waals surface area contributed by atoms with Crippen LogP contribution in [0.5, 0.6) is 0 Å². The normalized spacial score (nSPS) is 27.6. The summed E-state index contributed by atoms with van der Waals surface area (Å²) in [5, 5.41) is 0. The largest absolute Gasteiger partial charge is 0.380 e. The minimum absolute atomic E-state index is 0.137. The number of ether oxygens (including phenoxy) is 1. The molecule has 2 atom stereocenters. The molecule has 2 unspecified atom stereocenters. The molecule has 1 fully saturated rings. The molecule has 2 N–H and O–H groups in total. The molecule has 1 saturated heterocycles. The summed E-state index contributed by atoms with van der Waals surface area (Å²) in [7, 11) is 0. The number of rotatable bonds is 1. The van der Waals surface area contributed by atoms with Gasteiger partial charge in [0.25, 0.3) is 0 Å². The average molecular weight is 256 g/mol. The van der Waals surface area contributed by atoms with E-state index in [-0.39, 0.29) is 6.04 Å². The zero-order valence-electron chi connectivity index (χ0n) is 7.95. The first kappa shape index (κ1) is 10.1. The zero-order chi connectivity index (χ0) is 9.97. The molecule has 0 spiro atoms. The van der Waals surface area contributed by atoms with E-state index < -0.39 is 0 Å². The maximum Gasteiger partial charge on any atom is 0.0623 e. The topological polar surface area (TPSA) is 35.2 Å². The molecule has 1 heterocycles. The van der Waals surface area contributed by atoms with Gasteiger partial charge in [-0.25, -0.2) is 0 Å². The second kappa shape index (κ2) is 4.43. The number of halogens is 1. The summed E-state index contributed by atoms with van der Waals surface area (Å²) < 4.78 is 6.45. The van der Waals surface area contributed by atoms with Gasteiger partial charge in [0.1, 0.15) is 0 Å². The van der Waals surface area contributed by atoms with E-state index in [1.54, 1.807) is 0 Å². The molecule has 2 nitrogen and oxygen atoms in total. The molecule has 0 aromatic heterocycles.